The maximum atomic E-state index is 12.2. The van der Waals surface area contributed by atoms with Crippen molar-refractivity contribution in [2.75, 3.05) is 4.72 Å². The van der Waals surface area contributed by atoms with Crippen LogP contribution in [0.15, 0.2) is 56.8 Å². The lowest BCUT2D eigenvalue weighted by Crippen LogP contribution is -2.12. The first-order chi connectivity index (χ1) is 9.54. The number of nitrogens with one attached hydrogen (secondary N) is 2. The quantitative estimate of drug-likeness (QED) is 0.708. The number of hydrogen-bond acceptors (Lipinski definition) is 5. The zero-order valence-corrected chi connectivity index (χ0v) is 10.8. The number of aromatic nitrogens is 2. The Morgan fingerprint density at radius 2 is 2.05 bits per heavy atom. The molecular formula is C12H9N3O4S. The highest BCUT2D eigenvalue weighted by atomic mass is 32.2. The molecule has 7 nitrogen and oxygen atoms in total. The zero-order chi connectivity index (χ0) is 14.2. The van der Waals surface area contributed by atoms with E-state index in [9.17, 15) is 13.2 Å². The summed E-state index contributed by atoms with van der Waals surface area (Å²) in [6.45, 7) is 0. The molecule has 0 amide bonds. The highest BCUT2D eigenvalue weighted by Gasteiger charge is 2.15. The van der Waals surface area contributed by atoms with Crippen LogP contribution in [0.25, 0.3) is 11.0 Å². The molecule has 0 unspecified atom stereocenters. The van der Waals surface area contributed by atoms with E-state index in [0.29, 0.717) is 16.7 Å². The van der Waals surface area contributed by atoms with Crippen LogP contribution in [0.4, 0.5) is 5.69 Å². The van der Waals surface area contributed by atoms with Crippen LogP contribution in [0, 0.1) is 0 Å². The van der Waals surface area contributed by atoms with Gasteiger partial charge >= 0.3 is 5.63 Å². The van der Waals surface area contributed by atoms with Gasteiger partial charge in [-0.15, -0.1) is 0 Å². The Kier molecular flexibility index (Phi) is 2.79. The van der Waals surface area contributed by atoms with E-state index >= 15 is 0 Å². The Bertz CT molecular complexity index is 913. The summed E-state index contributed by atoms with van der Waals surface area (Å²) >= 11 is 0. The molecule has 0 aliphatic carbocycles. The third-order valence-electron chi connectivity index (χ3n) is 2.65. The van der Waals surface area contributed by atoms with Crippen molar-refractivity contribution >= 4 is 26.7 Å². The third kappa shape index (κ3) is 2.28. The van der Waals surface area contributed by atoms with Crippen molar-refractivity contribution in [1.29, 1.82) is 0 Å². The molecule has 3 aromatic rings. The first-order valence-corrected chi connectivity index (χ1v) is 7.08. The van der Waals surface area contributed by atoms with Gasteiger partial charge in [0.25, 0.3) is 10.0 Å². The van der Waals surface area contributed by atoms with Crippen molar-refractivity contribution in [3.8, 4) is 0 Å². The molecule has 3 rings (SSSR count). The molecule has 0 atom stereocenters. The van der Waals surface area contributed by atoms with E-state index in [2.05, 4.69) is 14.9 Å². The minimum atomic E-state index is -3.71. The van der Waals surface area contributed by atoms with E-state index < -0.39 is 15.6 Å². The Morgan fingerprint density at radius 3 is 2.80 bits per heavy atom. The number of aromatic amines is 1. The van der Waals surface area contributed by atoms with Gasteiger partial charge < -0.3 is 4.42 Å². The summed E-state index contributed by atoms with van der Waals surface area (Å²) < 4.78 is 31.7. The number of hydrogen-bond donors (Lipinski definition) is 2. The van der Waals surface area contributed by atoms with E-state index in [1.807, 2.05) is 0 Å². The van der Waals surface area contributed by atoms with Gasteiger partial charge in [0.2, 0.25) is 0 Å². The second-order valence-corrected chi connectivity index (χ2v) is 5.73. The monoisotopic (exact) mass is 291 g/mol. The summed E-state index contributed by atoms with van der Waals surface area (Å²) in [7, 11) is -3.71. The van der Waals surface area contributed by atoms with Gasteiger partial charge in [0, 0.05) is 17.6 Å². The van der Waals surface area contributed by atoms with Gasteiger partial charge in [0.1, 0.15) is 5.58 Å². The van der Waals surface area contributed by atoms with E-state index in [-0.39, 0.29) is 4.90 Å². The lowest BCUT2D eigenvalue weighted by Gasteiger charge is -2.06. The van der Waals surface area contributed by atoms with Gasteiger partial charge in [-0.2, -0.15) is 5.10 Å². The Morgan fingerprint density at radius 1 is 1.20 bits per heavy atom. The summed E-state index contributed by atoms with van der Waals surface area (Å²) in [5.74, 6) is 0. The molecule has 8 heteroatoms. The van der Waals surface area contributed by atoms with Crippen LogP contribution in [-0.4, -0.2) is 18.6 Å². The highest BCUT2D eigenvalue weighted by Crippen LogP contribution is 2.20. The second-order valence-electron chi connectivity index (χ2n) is 4.05. The molecule has 2 N–H and O–H groups in total. The van der Waals surface area contributed by atoms with Crippen molar-refractivity contribution in [3.05, 3.63) is 53.1 Å². The van der Waals surface area contributed by atoms with Crippen LogP contribution < -0.4 is 10.3 Å². The molecule has 0 saturated heterocycles. The van der Waals surface area contributed by atoms with Crippen LogP contribution in [-0.2, 0) is 10.0 Å². The van der Waals surface area contributed by atoms with Crippen LogP contribution in [0.1, 0.15) is 0 Å². The molecule has 0 saturated carbocycles. The summed E-state index contributed by atoms with van der Waals surface area (Å²) in [5, 5.41) is 6.70. The number of anilines is 1. The van der Waals surface area contributed by atoms with Gasteiger partial charge in [0.05, 0.1) is 16.8 Å². The fraction of sp³-hybridized carbons (Fsp3) is 0. The highest BCUT2D eigenvalue weighted by molar-refractivity contribution is 7.92. The topological polar surface area (TPSA) is 105 Å². The number of rotatable bonds is 3. The fourth-order valence-corrected chi connectivity index (χ4v) is 2.81. The normalized spacial score (nSPS) is 11.6. The predicted molar refractivity (Wildman–Crippen MR) is 71.9 cm³/mol. The summed E-state index contributed by atoms with van der Waals surface area (Å²) in [5.41, 5.74) is 0.189. The Balaban J connectivity index is 2.05. The first kappa shape index (κ1) is 12.4. The maximum Gasteiger partial charge on any atom is 0.336 e. The number of nitrogens with zero attached hydrogens (tertiary/aromatic N) is 1. The van der Waals surface area contributed by atoms with Crippen molar-refractivity contribution in [3.63, 3.8) is 0 Å². The lowest BCUT2D eigenvalue weighted by molar-refractivity contribution is 0.560. The molecule has 0 radical (unpaired) electrons. The van der Waals surface area contributed by atoms with Crippen LogP contribution in [0.5, 0.6) is 0 Å². The summed E-state index contributed by atoms with van der Waals surface area (Å²) in [6, 6.07) is 7.00. The number of sulfonamides is 1. The summed E-state index contributed by atoms with van der Waals surface area (Å²) in [4.78, 5) is 11.1. The molecular weight excluding hydrogens is 282 g/mol. The van der Waals surface area contributed by atoms with Gasteiger partial charge in [-0.05, 0) is 24.3 Å². The molecule has 2 heterocycles. The zero-order valence-electron chi connectivity index (χ0n) is 10.0. The molecule has 0 aliphatic heterocycles. The molecule has 0 fully saturated rings. The molecule has 102 valence electrons. The minimum Gasteiger partial charge on any atom is -0.423 e. The fourth-order valence-electron chi connectivity index (χ4n) is 1.74. The van der Waals surface area contributed by atoms with Crippen LogP contribution in [0.2, 0.25) is 0 Å². The summed E-state index contributed by atoms with van der Waals surface area (Å²) in [6.07, 6.45) is 2.79. The second kappa shape index (κ2) is 4.49. The van der Waals surface area contributed by atoms with Crippen LogP contribution in [0.3, 0.4) is 0 Å². The van der Waals surface area contributed by atoms with Gasteiger partial charge in [-0.25, -0.2) is 13.2 Å². The average molecular weight is 291 g/mol. The maximum absolute atomic E-state index is 12.2. The van der Waals surface area contributed by atoms with Crippen molar-refractivity contribution < 1.29 is 12.8 Å². The van der Waals surface area contributed by atoms with E-state index in [1.165, 1.54) is 42.7 Å². The molecule has 0 bridgehead atoms. The average Bonchev–Trinajstić information content (AvgIpc) is 2.90. The van der Waals surface area contributed by atoms with E-state index in [1.54, 1.807) is 0 Å². The van der Waals surface area contributed by atoms with Gasteiger partial charge in [-0.3, -0.25) is 9.82 Å². The van der Waals surface area contributed by atoms with Gasteiger partial charge in [0.15, 0.2) is 0 Å². The van der Waals surface area contributed by atoms with Crippen molar-refractivity contribution in [2.45, 2.75) is 4.90 Å². The lowest BCUT2D eigenvalue weighted by atomic mass is 10.2. The first-order valence-electron chi connectivity index (χ1n) is 5.60. The number of H-pyrrole nitrogens is 1. The molecule has 0 aliphatic rings. The van der Waals surface area contributed by atoms with Gasteiger partial charge in [-0.1, -0.05) is 0 Å². The minimum absolute atomic E-state index is 0.0695. The molecule has 2 aromatic heterocycles. The SMILES string of the molecule is O=c1ccc2cc(S(=O)(=O)Nc3cn[nH]c3)ccc2o1. The van der Waals surface area contributed by atoms with E-state index in [0.717, 1.165) is 0 Å². The largest absolute Gasteiger partial charge is 0.423 e. The number of fused-ring (bicyclic) bond motifs is 1. The molecule has 1 aromatic carbocycles. The standard InChI is InChI=1S/C12H9N3O4S/c16-12-4-1-8-5-10(2-3-11(8)19-12)20(17,18)15-9-6-13-14-7-9/h1-7,15H,(H,13,14). The third-order valence-corrected chi connectivity index (χ3v) is 4.03. The van der Waals surface area contributed by atoms with E-state index in [4.69, 9.17) is 4.42 Å². The Labute approximate surface area is 113 Å². The predicted octanol–water partition coefficient (Wildman–Crippen LogP) is 1.32. The molecule has 0 spiro atoms. The van der Waals surface area contributed by atoms with Crippen LogP contribution >= 0.6 is 0 Å². The number of benzene rings is 1. The molecule has 20 heavy (non-hydrogen) atoms. The Hall–Kier alpha value is -2.61. The van der Waals surface area contributed by atoms with Crippen molar-refractivity contribution in [2.24, 2.45) is 0 Å². The smallest absolute Gasteiger partial charge is 0.336 e. The van der Waals surface area contributed by atoms with Crippen molar-refractivity contribution in [1.82, 2.24) is 10.2 Å².